The van der Waals surface area contributed by atoms with Crippen molar-refractivity contribution in [3.05, 3.63) is 71.1 Å². The summed E-state index contributed by atoms with van der Waals surface area (Å²) in [5.41, 5.74) is 3.98. The average Bonchev–Trinajstić information content (AvgIpc) is 3.45. The Morgan fingerprint density at radius 1 is 1.06 bits per heavy atom. The van der Waals surface area contributed by atoms with Crippen LogP contribution in [0.15, 0.2) is 52.9 Å². The van der Waals surface area contributed by atoms with Crippen molar-refractivity contribution in [2.75, 3.05) is 26.3 Å². The number of aryl methyl sites for hydroxylation is 2. The van der Waals surface area contributed by atoms with Crippen LogP contribution in [-0.2, 0) is 11.2 Å². The molecule has 2 aliphatic rings. The first-order valence-electron chi connectivity index (χ1n) is 11.4. The minimum Gasteiger partial charge on any atom is -0.420 e. The Morgan fingerprint density at radius 3 is 2.47 bits per heavy atom. The molecule has 1 spiro atoms. The van der Waals surface area contributed by atoms with Gasteiger partial charge in [0.2, 0.25) is 11.8 Å². The van der Waals surface area contributed by atoms with Gasteiger partial charge >= 0.3 is 0 Å². The number of benzene rings is 2. The van der Waals surface area contributed by atoms with E-state index in [2.05, 4.69) is 24.0 Å². The van der Waals surface area contributed by atoms with E-state index in [1.807, 2.05) is 53.4 Å². The topological polar surface area (TPSA) is 68.5 Å². The smallest absolute Gasteiger partial charge is 0.253 e. The lowest BCUT2D eigenvalue weighted by Crippen LogP contribution is -2.37. The quantitative estimate of drug-likeness (QED) is 0.602. The first-order chi connectivity index (χ1) is 15.6. The van der Waals surface area contributed by atoms with Crippen molar-refractivity contribution in [3.63, 3.8) is 0 Å². The summed E-state index contributed by atoms with van der Waals surface area (Å²) < 4.78 is 11.8. The second-order valence-corrected chi connectivity index (χ2v) is 9.07. The minimum atomic E-state index is -0.0889. The second kappa shape index (κ2) is 8.51. The van der Waals surface area contributed by atoms with Crippen molar-refractivity contribution >= 4 is 5.91 Å². The molecule has 5 rings (SSSR count). The van der Waals surface area contributed by atoms with E-state index < -0.39 is 0 Å². The predicted molar refractivity (Wildman–Crippen MR) is 121 cm³/mol. The highest BCUT2D eigenvalue weighted by molar-refractivity contribution is 5.94. The van der Waals surface area contributed by atoms with Crippen LogP contribution in [-0.4, -0.2) is 47.3 Å². The normalized spacial score (nSPS) is 20.1. The molecule has 2 fully saturated rings. The van der Waals surface area contributed by atoms with Crippen LogP contribution in [0, 0.1) is 12.3 Å². The Morgan fingerprint density at radius 2 is 1.78 bits per heavy atom. The van der Waals surface area contributed by atoms with E-state index in [0.29, 0.717) is 38.1 Å². The summed E-state index contributed by atoms with van der Waals surface area (Å²) in [5.74, 6) is 1.23. The molecule has 6 heteroatoms. The summed E-state index contributed by atoms with van der Waals surface area (Å²) in [6.07, 6.45) is 2.74. The molecule has 166 valence electrons. The molecule has 2 aromatic carbocycles. The number of amides is 1. The summed E-state index contributed by atoms with van der Waals surface area (Å²) >= 11 is 0. The van der Waals surface area contributed by atoms with Crippen molar-refractivity contribution in [3.8, 4) is 11.5 Å². The van der Waals surface area contributed by atoms with Crippen LogP contribution < -0.4 is 0 Å². The van der Waals surface area contributed by atoms with E-state index in [-0.39, 0.29) is 17.2 Å². The fraction of sp³-hybridized carbons (Fsp3) is 0.423. The zero-order valence-corrected chi connectivity index (χ0v) is 18.7. The van der Waals surface area contributed by atoms with Crippen molar-refractivity contribution < 1.29 is 13.9 Å². The number of rotatable bonds is 4. The number of aromatic nitrogens is 2. The summed E-state index contributed by atoms with van der Waals surface area (Å²) in [4.78, 5) is 15.3. The van der Waals surface area contributed by atoms with Gasteiger partial charge in [0.1, 0.15) is 0 Å². The Kier molecular flexibility index (Phi) is 5.55. The van der Waals surface area contributed by atoms with Gasteiger partial charge in [-0.05, 0) is 56.0 Å². The lowest BCUT2D eigenvalue weighted by atomic mass is 9.72. The summed E-state index contributed by atoms with van der Waals surface area (Å²) in [7, 11) is 0. The number of carbonyl (C=O) groups excluding carboxylic acids is 1. The third kappa shape index (κ3) is 3.84. The monoisotopic (exact) mass is 431 g/mol. The molecule has 6 nitrogen and oxygen atoms in total. The van der Waals surface area contributed by atoms with Crippen LogP contribution in [0.1, 0.15) is 53.1 Å². The molecule has 0 saturated carbocycles. The van der Waals surface area contributed by atoms with Crippen LogP contribution in [0.2, 0.25) is 0 Å². The number of hydrogen-bond donors (Lipinski definition) is 0. The first-order valence-corrected chi connectivity index (χ1v) is 11.4. The molecule has 3 heterocycles. The lowest BCUT2D eigenvalue weighted by Gasteiger charge is -2.36. The first kappa shape index (κ1) is 20.9. The van der Waals surface area contributed by atoms with E-state index in [1.165, 1.54) is 11.1 Å². The van der Waals surface area contributed by atoms with Crippen LogP contribution in [0.5, 0.6) is 0 Å². The molecular formula is C26H29N3O3. The highest BCUT2D eigenvalue weighted by atomic mass is 16.5. The summed E-state index contributed by atoms with van der Waals surface area (Å²) in [5, 5.41) is 8.77. The van der Waals surface area contributed by atoms with E-state index in [0.717, 1.165) is 30.4 Å². The molecule has 32 heavy (non-hydrogen) atoms. The molecule has 0 bridgehead atoms. The van der Waals surface area contributed by atoms with Crippen LogP contribution in [0.4, 0.5) is 0 Å². The zero-order chi connectivity index (χ0) is 22.1. The van der Waals surface area contributed by atoms with Gasteiger partial charge in [-0.25, -0.2) is 0 Å². The summed E-state index contributed by atoms with van der Waals surface area (Å²) in [6, 6.07) is 16.0. The molecule has 2 aliphatic heterocycles. The summed E-state index contributed by atoms with van der Waals surface area (Å²) in [6.45, 7) is 6.84. The fourth-order valence-electron chi connectivity index (χ4n) is 5.00. The maximum absolute atomic E-state index is 13.3. The van der Waals surface area contributed by atoms with E-state index in [1.54, 1.807) is 0 Å². The van der Waals surface area contributed by atoms with Crippen LogP contribution in [0.3, 0.4) is 0 Å². The molecule has 2 saturated heterocycles. The molecule has 3 aromatic rings. The van der Waals surface area contributed by atoms with E-state index in [4.69, 9.17) is 9.15 Å². The highest BCUT2D eigenvalue weighted by Crippen LogP contribution is 2.49. The average molecular weight is 432 g/mol. The molecule has 1 amide bonds. The van der Waals surface area contributed by atoms with Gasteiger partial charge in [-0.2, -0.15) is 0 Å². The zero-order valence-electron chi connectivity index (χ0n) is 18.7. The van der Waals surface area contributed by atoms with Crippen molar-refractivity contribution in [1.82, 2.24) is 15.1 Å². The second-order valence-electron chi connectivity index (χ2n) is 9.07. The highest BCUT2D eigenvalue weighted by Gasteiger charge is 2.51. The van der Waals surface area contributed by atoms with Crippen molar-refractivity contribution in [2.24, 2.45) is 5.41 Å². The van der Waals surface area contributed by atoms with Crippen LogP contribution in [0.25, 0.3) is 11.5 Å². The largest absolute Gasteiger partial charge is 0.420 e. The third-order valence-corrected chi connectivity index (χ3v) is 7.07. The Bertz CT molecular complexity index is 1080. The van der Waals surface area contributed by atoms with E-state index in [9.17, 15) is 4.79 Å². The molecule has 0 N–H and O–H groups in total. The van der Waals surface area contributed by atoms with Gasteiger partial charge in [0.25, 0.3) is 5.91 Å². The molecule has 0 radical (unpaired) electrons. The van der Waals surface area contributed by atoms with Crippen molar-refractivity contribution in [2.45, 2.75) is 39.0 Å². The third-order valence-electron chi connectivity index (χ3n) is 7.07. The number of carbonyl (C=O) groups is 1. The standard InChI is InChI=1S/C26H29N3O3/c1-3-19-6-10-21(11-7-19)25(30)29-16-22(26(17-29)12-14-31-15-13-26)24-28-27-23(32-24)20-8-4-18(2)5-9-20/h4-11,22H,3,12-17H2,1-2H3. The lowest BCUT2D eigenvalue weighted by molar-refractivity contribution is 0.00908. The van der Waals surface area contributed by atoms with Gasteiger partial charge in [-0.15, -0.1) is 10.2 Å². The Labute approximate surface area is 188 Å². The molecule has 0 aliphatic carbocycles. The van der Waals surface area contributed by atoms with Crippen molar-refractivity contribution in [1.29, 1.82) is 0 Å². The van der Waals surface area contributed by atoms with Gasteiger partial charge in [-0.1, -0.05) is 36.8 Å². The minimum absolute atomic E-state index is 0.0111. The predicted octanol–water partition coefficient (Wildman–Crippen LogP) is 4.64. The molecular weight excluding hydrogens is 402 g/mol. The number of likely N-dealkylation sites (tertiary alicyclic amines) is 1. The van der Waals surface area contributed by atoms with Gasteiger partial charge in [0.05, 0.1) is 5.92 Å². The van der Waals surface area contributed by atoms with E-state index >= 15 is 0 Å². The molecule has 1 atom stereocenters. The van der Waals surface area contributed by atoms with Gasteiger partial charge in [0.15, 0.2) is 0 Å². The van der Waals surface area contributed by atoms with Gasteiger partial charge in [-0.3, -0.25) is 4.79 Å². The van der Waals surface area contributed by atoms with Crippen LogP contribution >= 0.6 is 0 Å². The SMILES string of the molecule is CCc1ccc(C(=O)N2CC(c3nnc(-c4ccc(C)cc4)o3)C3(CCOCC3)C2)cc1. The van der Waals surface area contributed by atoms with Gasteiger partial charge in [0, 0.05) is 42.8 Å². The number of nitrogens with zero attached hydrogens (tertiary/aromatic N) is 3. The Balaban J connectivity index is 1.43. The number of hydrogen-bond acceptors (Lipinski definition) is 5. The maximum atomic E-state index is 13.3. The fourth-order valence-corrected chi connectivity index (χ4v) is 5.00. The van der Waals surface area contributed by atoms with Gasteiger partial charge < -0.3 is 14.1 Å². The number of ether oxygens (including phenoxy) is 1. The molecule has 1 unspecified atom stereocenters. The molecule has 1 aromatic heterocycles. The Hall–Kier alpha value is -2.99. The maximum Gasteiger partial charge on any atom is 0.253 e.